The molecule has 2 aromatic rings. The second-order valence-electron chi connectivity index (χ2n) is 4.41. The predicted molar refractivity (Wildman–Crippen MR) is 83.8 cm³/mol. The molecule has 22 heavy (non-hydrogen) atoms. The maximum atomic E-state index is 11.6. The second kappa shape index (κ2) is 7.83. The zero-order chi connectivity index (χ0) is 15.8. The lowest BCUT2D eigenvalue weighted by Gasteiger charge is -2.07. The molecule has 0 N–H and O–H groups in total. The van der Waals surface area contributed by atoms with E-state index >= 15 is 0 Å². The normalized spacial score (nSPS) is 10.5. The van der Waals surface area contributed by atoms with E-state index in [2.05, 4.69) is 4.99 Å². The highest BCUT2D eigenvalue weighted by Crippen LogP contribution is 2.26. The molecular formula is C17H17NO4. The fourth-order valence-electron chi connectivity index (χ4n) is 1.82. The molecule has 5 nitrogen and oxygen atoms in total. The first-order valence-electron chi connectivity index (χ1n) is 6.69. The van der Waals surface area contributed by atoms with E-state index in [0.29, 0.717) is 17.1 Å². The third kappa shape index (κ3) is 4.34. The van der Waals surface area contributed by atoms with Crippen molar-refractivity contribution in [3.8, 4) is 11.5 Å². The molecule has 5 heteroatoms. The summed E-state index contributed by atoms with van der Waals surface area (Å²) < 4.78 is 15.4. The molecular weight excluding hydrogens is 282 g/mol. The van der Waals surface area contributed by atoms with E-state index in [4.69, 9.17) is 14.2 Å². The first-order chi connectivity index (χ1) is 10.7. The Balaban J connectivity index is 1.95. The van der Waals surface area contributed by atoms with Crippen molar-refractivity contribution in [3.05, 3.63) is 59.7 Å². The van der Waals surface area contributed by atoms with Crippen LogP contribution in [0, 0.1) is 0 Å². The number of ether oxygens (including phenoxy) is 3. The number of rotatable bonds is 5. The summed E-state index contributed by atoms with van der Waals surface area (Å²) in [4.78, 5) is 15.3. The van der Waals surface area contributed by atoms with Gasteiger partial charge in [0.15, 0.2) is 11.5 Å². The molecule has 0 bridgehead atoms. The molecule has 0 aliphatic rings. The van der Waals surface area contributed by atoms with Crippen LogP contribution in [0.5, 0.6) is 11.5 Å². The van der Waals surface area contributed by atoms with Crippen molar-refractivity contribution in [1.29, 1.82) is 0 Å². The van der Waals surface area contributed by atoms with Gasteiger partial charge in [-0.15, -0.1) is 0 Å². The van der Waals surface area contributed by atoms with Crippen LogP contribution in [-0.2, 0) is 11.3 Å². The zero-order valence-corrected chi connectivity index (χ0v) is 12.5. The van der Waals surface area contributed by atoms with Crippen LogP contribution in [-0.4, -0.2) is 26.5 Å². The van der Waals surface area contributed by atoms with E-state index < -0.39 is 6.09 Å². The van der Waals surface area contributed by atoms with Gasteiger partial charge in [-0.1, -0.05) is 30.3 Å². The Morgan fingerprint density at radius 3 is 2.45 bits per heavy atom. The molecule has 0 saturated heterocycles. The van der Waals surface area contributed by atoms with E-state index in [0.717, 1.165) is 5.56 Å². The van der Waals surface area contributed by atoms with Gasteiger partial charge in [-0.2, -0.15) is 4.99 Å². The lowest BCUT2D eigenvalue weighted by molar-refractivity contribution is 0.151. The Morgan fingerprint density at radius 1 is 1.05 bits per heavy atom. The molecule has 0 fully saturated rings. The Hall–Kier alpha value is -2.82. The minimum absolute atomic E-state index is 0.197. The lowest BCUT2D eigenvalue weighted by atomic mass is 10.2. The molecule has 0 atom stereocenters. The number of carbonyl (C=O) groups excluding carboxylic acids is 1. The van der Waals surface area contributed by atoms with Crippen LogP contribution < -0.4 is 9.47 Å². The topological polar surface area (TPSA) is 57.1 Å². The summed E-state index contributed by atoms with van der Waals surface area (Å²) in [7, 11) is 3.11. The maximum Gasteiger partial charge on any atom is 0.433 e. The molecule has 114 valence electrons. The predicted octanol–water partition coefficient (Wildman–Crippen LogP) is 3.46. The van der Waals surface area contributed by atoms with Gasteiger partial charge in [0.2, 0.25) is 0 Å². The van der Waals surface area contributed by atoms with Crippen LogP contribution in [0.3, 0.4) is 0 Å². The average molecular weight is 299 g/mol. The molecule has 0 spiro atoms. The number of carbonyl (C=O) groups is 1. The maximum absolute atomic E-state index is 11.6. The van der Waals surface area contributed by atoms with Crippen molar-refractivity contribution < 1.29 is 19.0 Å². The fraction of sp³-hybridized carbons (Fsp3) is 0.176. The van der Waals surface area contributed by atoms with Crippen molar-refractivity contribution in [3.63, 3.8) is 0 Å². The van der Waals surface area contributed by atoms with E-state index in [1.54, 1.807) is 32.4 Å². The van der Waals surface area contributed by atoms with Gasteiger partial charge in [-0.05, 0) is 29.3 Å². The number of nitrogens with zero attached hydrogens (tertiary/aromatic N) is 1. The van der Waals surface area contributed by atoms with Crippen molar-refractivity contribution in [2.45, 2.75) is 6.61 Å². The first-order valence-corrected chi connectivity index (χ1v) is 6.69. The van der Waals surface area contributed by atoms with Gasteiger partial charge in [-0.25, -0.2) is 4.79 Å². The highest BCUT2D eigenvalue weighted by atomic mass is 16.5. The van der Waals surface area contributed by atoms with Crippen molar-refractivity contribution in [1.82, 2.24) is 0 Å². The van der Waals surface area contributed by atoms with Crippen LogP contribution in [0.25, 0.3) is 0 Å². The summed E-state index contributed by atoms with van der Waals surface area (Å²) in [6.07, 6.45) is 0.786. The SMILES string of the molecule is COc1ccc(/C=N/C(=O)OCc2ccccc2)cc1OC. The summed E-state index contributed by atoms with van der Waals surface area (Å²) in [5.41, 5.74) is 1.63. The largest absolute Gasteiger partial charge is 0.493 e. The van der Waals surface area contributed by atoms with Gasteiger partial charge in [0.05, 0.1) is 14.2 Å². The summed E-state index contributed by atoms with van der Waals surface area (Å²) in [6, 6.07) is 14.7. The number of hydrogen-bond donors (Lipinski definition) is 0. The van der Waals surface area contributed by atoms with Gasteiger partial charge in [0.1, 0.15) is 6.61 Å². The number of methoxy groups -OCH3 is 2. The summed E-state index contributed by atoms with van der Waals surface area (Å²) >= 11 is 0. The second-order valence-corrected chi connectivity index (χ2v) is 4.41. The third-order valence-corrected chi connectivity index (χ3v) is 2.93. The summed E-state index contributed by atoms with van der Waals surface area (Å²) in [5.74, 6) is 1.19. The van der Waals surface area contributed by atoms with Gasteiger partial charge in [0.25, 0.3) is 0 Å². The molecule has 0 saturated carbocycles. The summed E-state index contributed by atoms with van der Waals surface area (Å²) in [6.45, 7) is 0.197. The molecule has 0 unspecified atom stereocenters. The molecule has 2 aromatic carbocycles. The molecule has 0 aliphatic heterocycles. The van der Waals surface area contributed by atoms with E-state index in [9.17, 15) is 4.79 Å². The minimum atomic E-state index is -0.640. The Bertz CT molecular complexity index is 653. The first kappa shape index (κ1) is 15.6. The smallest absolute Gasteiger partial charge is 0.433 e. The Kier molecular flexibility index (Phi) is 5.54. The highest BCUT2D eigenvalue weighted by molar-refractivity contribution is 5.89. The van der Waals surface area contributed by atoms with Crippen LogP contribution >= 0.6 is 0 Å². The zero-order valence-electron chi connectivity index (χ0n) is 12.5. The third-order valence-electron chi connectivity index (χ3n) is 2.93. The number of hydrogen-bond acceptors (Lipinski definition) is 4. The fourth-order valence-corrected chi connectivity index (χ4v) is 1.82. The van der Waals surface area contributed by atoms with E-state index in [1.807, 2.05) is 30.3 Å². The van der Waals surface area contributed by atoms with E-state index in [-0.39, 0.29) is 6.61 Å². The number of amides is 1. The Morgan fingerprint density at radius 2 is 1.77 bits per heavy atom. The lowest BCUT2D eigenvalue weighted by Crippen LogP contribution is -2.00. The van der Waals surface area contributed by atoms with Gasteiger partial charge >= 0.3 is 6.09 Å². The molecule has 0 heterocycles. The van der Waals surface area contributed by atoms with E-state index in [1.165, 1.54) is 6.21 Å². The highest BCUT2D eigenvalue weighted by Gasteiger charge is 2.04. The van der Waals surface area contributed by atoms with Crippen LogP contribution in [0.4, 0.5) is 4.79 Å². The molecule has 0 aliphatic carbocycles. The molecule has 0 radical (unpaired) electrons. The average Bonchev–Trinajstić information content (AvgIpc) is 2.58. The van der Waals surface area contributed by atoms with Crippen LogP contribution in [0.1, 0.15) is 11.1 Å². The molecule has 0 aromatic heterocycles. The van der Waals surface area contributed by atoms with Crippen LogP contribution in [0.2, 0.25) is 0 Å². The standard InChI is InChI=1S/C17H17NO4/c1-20-15-9-8-14(10-16(15)21-2)11-18-17(19)22-12-13-6-4-3-5-7-13/h3-11H,12H2,1-2H3/b18-11+. The van der Waals surface area contributed by atoms with Gasteiger partial charge in [0, 0.05) is 6.21 Å². The van der Waals surface area contributed by atoms with Crippen molar-refractivity contribution >= 4 is 12.3 Å². The van der Waals surface area contributed by atoms with Crippen molar-refractivity contribution in [2.24, 2.45) is 4.99 Å². The van der Waals surface area contributed by atoms with Gasteiger partial charge < -0.3 is 14.2 Å². The molecule has 1 amide bonds. The summed E-state index contributed by atoms with van der Waals surface area (Å²) in [5, 5.41) is 0. The number of aliphatic imine (C=N–C) groups is 1. The van der Waals surface area contributed by atoms with Gasteiger partial charge in [-0.3, -0.25) is 0 Å². The minimum Gasteiger partial charge on any atom is -0.493 e. The Labute approximate surface area is 129 Å². The molecule has 2 rings (SSSR count). The van der Waals surface area contributed by atoms with Crippen LogP contribution in [0.15, 0.2) is 53.5 Å². The quantitative estimate of drug-likeness (QED) is 0.793. The monoisotopic (exact) mass is 299 g/mol. The van der Waals surface area contributed by atoms with Crippen molar-refractivity contribution in [2.75, 3.05) is 14.2 Å². The number of benzene rings is 2.